The molecular weight excluding hydrogens is 344 g/mol. The van der Waals surface area contributed by atoms with Gasteiger partial charge in [-0.25, -0.2) is 13.2 Å². The van der Waals surface area contributed by atoms with Crippen molar-refractivity contribution in [2.24, 2.45) is 0 Å². The number of rotatable bonds is 2. The van der Waals surface area contributed by atoms with Crippen molar-refractivity contribution in [3.63, 3.8) is 0 Å². The molecule has 2 aromatic carbocycles. The molecule has 2 rings (SSSR count). The average Bonchev–Trinajstić information content (AvgIpc) is 2.37. The van der Waals surface area contributed by atoms with Gasteiger partial charge < -0.3 is 5.11 Å². The van der Waals surface area contributed by atoms with Crippen LogP contribution in [0.25, 0.3) is 0 Å². The highest BCUT2D eigenvalue weighted by Gasteiger charge is 2.22. The molecule has 0 amide bonds. The Morgan fingerprint density at radius 2 is 1.74 bits per heavy atom. The van der Waals surface area contributed by atoms with Gasteiger partial charge in [-0.3, -0.25) is 0 Å². The van der Waals surface area contributed by atoms with Gasteiger partial charge in [0.05, 0.1) is 15.1 Å². The lowest BCUT2D eigenvalue weighted by Crippen LogP contribution is -2.06. The number of aliphatic hydroxyl groups is 1. The van der Waals surface area contributed by atoms with Gasteiger partial charge in [0.1, 0.15) is 23.6 Å². The maximum absolute atomic E-state index is 13.8. The lowest BCUT2D eigenvalue weighted by molar-refractivity contribution is 0.208. The number of hydrogen-bond acceptors (Lipinski definition) is 1. The minimum Gasteiger partial charge on any atom is -0.383 e. The minimum atomic E-state index is -1.62. The third kappa shape index (κ3) is 2.78. The summed E-state index contributed by atoms with van der Waals surface area (Å²) < 4.78 is 40.7. The van der Waals surface area contributed by atoms with E-state index in [-0.39, 0.29) is 15.1 Å². The van der Waals surface area contributed by atoms with Crippen molar-refractivity contribution in [3.05, 3.63) is 68.4 Å². The average molecular weight is 352 g/mol. The zero-order valence-electron chi connectivity index (χ0n) is 9.30. The molecule has 0 saturated carbocycles. The van der Waals surface area contributed by atoms with Crippen LogP contribution in [0.3, 0.4) is 0 Å². The molecule has 1 unspecified atom stereocenters. The SMILES string of the molecule is OC(c1ccc(Cl)c(F)c1)c1c(F)ccc(Br)c1F. The molecule has 0 fully saturated rings. The normalized spacial score (nSPS) is 12.5. The first-order chi connectivity index (χ1) is 8.91. The molecule has 0 aromatic heterocycles. The molecule has 2 aromatic rings. The smallest absolute Gasteiger partial charge is 0.146 e. The molecule has 0 heterocycles. The van der Waals surface area contributed by atoms with Gasteiger partial charge in [0.15, 0.2) is 0 Å². The molecule has 100 valence electrons. The highest BCUT2D eigenvalue weighted by molar-refractivity contribution is 9.10. The summed E-state index contributed by atoms with van der Waals surface area (Å²) in [5.74, 6) is -2.61. The molecule has 0 saturated heterocycles. The Bertz CT molecular complexity index is 634. The number of aliphatic hydroxyl groups excluding tert-OH is 1. The Kier molecular flexibility index (Phi) is 4.18. The first kappa shape index (κ1) is 14.4. The second-order valence-corrected chi connectivity index (χ2v) is 5.09. The Morgan fingerprint density at radius 1 is 1.05 bits per heavy atom. The standard InChI is InChI=1S/C13H7BrClF3O/c14-7-2-4-9(16)11(12(7)18)13(19)6-1-3-8(15)10(17)5-6/h1-5,13,19H. The number of benzene rings is 2. The fourth-order valence-corrected chi connectivity index (χ4v) is 2.11. The van der Waals surface area contributed by atoms with Crippen LogP contribution in [0.4, 0.5) is 13.2 Å². The predicted molar refractivity (Wildman–Crippen MR) is 69.5 cm³/mol. The zero-order chi connectivity index (χ0) is 14.2. The van der Waals surface area contributed by atoms with Crippen LogP contribution in [0.15, 0.2) is 34.8 Å². The number of halogens is 5. The van der Waals surface area contributed by atoms with Crippen LogP contribution in [0.2, 0.25) is 5.02 Å². The van der Waals surface area contributed by atoms with E-state index in [1.165, 1.54) is 18.2 Å². The van der Waals surface area contributed by atoms with Crippen molar-refractivity contribution in [1.29, 1.82) is 0 Å². The van der Waals surface area contributed by atoms with Gasteiger partial charge in [0, 0.05) is 0 Å². The van der Waals surface area contributed by atoms with Crippen LogP contribution in [0, 0.1) is 17.5 Å². The van der Waals surface area contributed by atoms with Crippen LogP contribution < -0.4 is 0 Å². The zero-order valence-corrected chi connectivity index (χ0v) is 11.6. The fourth-order valence-electron chi connectivity index (χ4n) is 1.64. The maximum atomic E-state index is 13.8. The lowest BCUT2D eigenvalue weighted by atomic mass is 10.0. The van der Waals surface area contributed by atoms with Crippen molar-refractivity contribution in [2.75, 3.05) is 0 Å². The van der Waals surface area contributed by atoms with Crippen LogP contribution in [0.1, 0.15) is 17.2 Å². The molecule has 0 spiro atoms. The Balaban J connectivity index is 2.52. The van der Waals surface area contributed by atoms with E-state index in [1.54, 1.807) is 0 Å². The third-order valence-corrected chi connectivity index (χ3v) is 3.53. The molecule has 0 aliphatic carbocycles. The summed E-state index contributed by atoms with van der Waals surface area (Å²) in [4.78, 5) is 0. The summed E-state index contributed by atoms with van der Waals surface area (Å²) in [7, 11) is 0. The van der Waals surface area contributed by atoms with E-state index < -0.39 is 29.1 Å². The van der Waals surface area contributed by atoms with Gasteiger partial charge in [-0.15, -0.1) is 0 Å². The first-order valence-corrected chi connectivity index (χ1v) is 6.35. The molecule has 1 nitrogen and oxygen atoms in total. The van der Waals surface area contributed by atoms with Gasteiger partial charge in [0.2, 0.25) is 0 Å². The monoisotopic (exact) mass is 350 g/mol. The second-order valence-electron chi connectivity index (χ2n) is 3.83. The molecule has 1 atom stereocenters. The van der Waals surface area contributed by atoms with E-state index in [0.29, 0.717) is 0 Å². The van der Waals surface area contributed by atoms with E-state index in [4.69, 9.17) is 11.6 Å². The van der Waals surface area contributed by atoms with Crippen molar-refractivity contribution in [2.45, 2.75) is 6.10 Å². The van der Waals surface area contributed by atoms with E-state index in [0.717, 1.165) is 12.1 Å². The molecule has 6 heteroatoms. The Morgan fingerprint density at radius 3 is 2.37 bits per heavy atom. The van der Waals surface area contributed by atoms with Gasteiger partial charge in [0.25, 0.3) is 0 Å². The Hall–Kier alpha value is -1.04. The molecule has 0 bridgehead atoms. The third-order valence-electron chi connectivity index (χ3n) is 2.61. The highest BCUT2D eigenvalue weighted by Crippen LogP contribution is 2.31. The molecule has 0 aliphatic heterocycles. The molecular formula is C13H7BrClF3O. The van der Waals surface area contributed by atoms with Crippen LogP contribution in [-0.4, -0.2) is 5.11 Å². The summed E-state index contributed by atoms with van der Waals surface area (Å²) in [5, 5.41) is 9.85. The first-order valence-electron chi connectivity index (χ1n) is 5.18. The predicted octanol–water partition coefficient (Wildman–Crippen LogP) is 4.60. The lowest BCUT2D eigenvalue weighted by Gasteiger charge is -2.14. The van der Waals surface area contributed by atoms with E-state index in [9.17, 15) is 18.3 Å². The summed E-state index contributed by atoms with van der Waals surface area (Å²) in [6.45, 7) is 0. The van der Waals surface area contributed by atoms with Crippen molar-refractivity contribution < 1.29 is 18.3 Å². The van der Waals surface area contributed by atoms with Gasteiger partial charge in [-0.2, -0.15) is 0 Å². The van der Waals surface area contributed by atoms with Crippen LogP contribution in [-0.2, 0) is 0 Å². The molecule has 19 heavy (non-hydrogen) atoms. The van der Waals surface area contributed by atoms with E-state index >= 15 is 0 Å². The number of hydrogen-bond donors (Lipinski definition) is 1. The quantitative estimate of drug-likeness (QED) is 0.784. The van der Waals surface area contributed by atoms with Gasteiger partial charge in [-0.1, -0.05) is 17.7 Å². The van der Waals surface area contributed by atoms with Gasteiger partial charge in [-0.05, 0) is 45.8 Å². The van der Waals surface area contributed by atoms with Crippen LogP contribution >= 0.6 is 27.5 Å². The largest absolute Gasteiger partial charge is 0.383 e. The molecule has 0 radical (unpaired) electrons. The maximum Gasteiger partial charge on any atom is 0.146 e. The van der Waals surface area contributed by atoms with E-state index in [1.807, 2.05) is 0 Å². The second kappa shape index (κ2) is 5.53. The topological polar surface area (TPSA) is 20.2 Å². The highest BCUT2D eigenvalue weighted by atomic mass is 79.9. The summed E-state index contributed by atoms with van der Waals surface area (Å²) in [5.41, 5.74) is -0.533. The van der Waals surface area contributed by atoms with E-state index in [2.05, 4.69) is 15.9 Å². The summed E-state index contributed by atoms with van der Waals surface area (Å²) in [6, 6.07) is 5.65. The molecule has 0 aliphatic rings. The molecule has 1 N–H and O–H groups in total. The Labute approximate surface area is 120 Å². The van der Waals surface area contributed by atoms with Crippen molar-refractivity contribution >= 4 is 27.5 Å². The summed E-state index contributed by atoms with van der Waals surface area (Å²) in [6.07, 6.45) is -1.62. The van der Waals surface area contributed by atoms with Gasteiger partial charge >= 0.3 is 0 Å². The van der Waals surface area contributed by atoms with Crippen LogP contribution in [0.5, 0.6) is 0 Å². The summed E-state index contributed by atoms with van der Waals surface area (Å²) >= 11 is 8.41. The fraction of sp³-hybridized carbons (Fsp3) is 0.0769. The minimum absolute atomic E-state index is 0.0115. The van der Waals surface area contributed by atoms with Crippen molar-refractivity contribution in [1.82, 2.24) is 0 Å². The van der Waals surface area contributed by atoms with Crippen molar-refractivity contribution in [3.8, 4) is 0 Å².